The van der Waals surface area contributed by atoms with Crippen molar-refractivity contribution in [3.05, 3.63) is 41.3 Å². The Morgan fingerprint density at radius 2 is 2.20 bits per heavy atom. The van der Waals surface area contributed by atoms with Gasteiger partial charge in [-0.3, -0.25) is 0 Å². The van der Waals surface area contributed by atoms with Gasteiger partial charge in [0.2, 0.25) is 0 Å². The summed E-state index contributed by atoms with van der Waals surface area (Å²) in [5, 5.41) is 1.35. The molecule has 0 amide bonds. The second-order valence-corrected chi connectivity index (χ2v) is 3.44. The molecule has 1 aromatic carbocycles. The molecule has 15 heavy (non-hydrogen) atoms. The van der Waals surface area contributed by atoms with Crippen molar-refractivity contribution >= 4 is 28.6 Å². The van der Waals surface area contributed by atoms with E-state index in [-0.39, 0.29) is 0 Å². The van der Waals surface area contributed by atoms with Crippen LogP contribution >= 0.6 is 11.6 Å². The summed E-state index contributed by atoms with van der Waals surface area (Å²) in [5.74, 6) is 0. The maximum atomic E-state index is 5.92. The van der Waals surface area contributed by atoms with Crippen molar-refractivity contribution in [3.8, 4) is 0 Å². The fraction of sp³-hybridized carbons (Fsp3) is 0.0909. The number of aromatic nitrogens is 2. The molecule has 2 rings (SSSR count). The number of halogens is 1. The first-order chi connectivity index (χ1) is 7.31. The lowest BCUT2D eigenvalue weighted by Gasteiger charge is -1.99. The summed E-state index contributed by atoms with van der Waals surface area (Å²) in [6.07, 6.45) is 5.31. The van der Waals surface area contributed by atoms with Crippen molar-refractivity contribution in [3.63, 3.8) is 0 Å². The highest BCUT2D eigenvalue weighted by molar-refractivity contribution is 6.34. The fourth-order valence-corrected chi connectivity index (χ4v) is 1.55. The van der Waals surface area contributed by atoms with Crippen LogP contribution in [0.1, 0.15) is 5.56 Å². The van der Waals surface area contributed by atoms with Gasteiger partial charge >= 0.3 is 0 Å². The van der Waals surface area contributed by atoms with E-state index in [1.807, 2.05) is 30.4 Å². The minimum absolute atomic E-state index is 0.481. The molecular weight excluding hydrogens is 210 g/mol. The normalized spacial score (nSPS) is 11.3. The third-order valence-electron chi connectivity index (χ3n) is 2.06. The smallest absolute Gasteiger partial charge is 0.140 e. The summed E-state index contributed by atoms with van der Waals surface area (Å²) in [6.45, 7) is 0.530. The number of nitrogens with two attached hydrogens (primary N) is 1. The summed E-state index contributed by atoms with van der Waals surface area (Å²) in [7, 11) is 0. The second-order valence-electron chi connectivity index (χ2n) is 3.08. The summed E-state index contributed by atoms with van der Waals surface area (Å²) < 4.78 is 0. The molecule has 4 heteroatoms. The van der Waals surface area contributed by atoms with Crippen LogP contribution in [0.25, 0.3) is 17.0 Å². The van der Waals surface area contributed by atoms with Crippen molar-refractivity contribution in [1.29, 1.82) is 0 Å². The Labute approximate surface area is 92.6 Å². The van der Waals surface area contributed by atoms with Gasteiger partial charge < -0.3 is 5.73 Å². The second kappa shape index (κ2) is 4.38. The van der Waals surface area contributed by atoms with E-state index in [9.17, 15) is 0 Å². The van der Waals surface area contributed by atoms with Gasteiger partial charge in [-0.15, -0.1) is 0 Å². The minimum Gasteiger partial charge on any atom is -0.327 e. The molecule has 3 nitrogen and oxygen atoms in total. The first kappa shape index (κ1) is 10.1. The maximum absolute atomic E-state index is 5.92. The molecule has 0 aliphatic carbocycles. The molecule has 0 atom stereocenters. The first-order valence-corrected chi connectivity index (χ1v) is 4.96. The van der Waals surface area contributed by atoms with E-state index >= 15 is 0 Å². The fourth-order valence-electron chi connectivity index (χ4n) is 1.35. The molecule has 1 heterocycles. The van der Waals surface area contributed by atoms with Crippen LogP contribution in [0, 0.1) is 0 Å². The van der Waals surface area contributed by atoms with Crippen LogP contribution in [0.4, 0.5) is 0 Å². The number of hydrogen-bond donors (Lipinski definition) is 1. The average Bonchev–Trinajstić information content (AvgIpc) is 2.26. The van der Waals surface area contributed by atoms with E-state index in [0.29, 0.717) is 11.7 Å². The Balaban J connectivity index is 2.52. The van der Waals surface area contributed by atoms with Crippen LogP contribution in [-0.4, -0.2) is 16.5 Å². The highest BCUT2D eigenvalue weighted by Crippen LogP contribution is 2.20. The van der Waals surface area contributed by atoms with Gasteiger partial charge in [-0.25, -0.2) is 9.97 Å². The zero-order valence-electron chi connectivity index (χ0n) is 8.02. The molecule has 0 spiro atoms. The molecule has 2 aromatic rings. The van der Waals surface area contributed by atoms with Gasteiger partial charge in [0, 0.05) is 11.9 Å². The minimum atomic E-state index is 0.481. The van der Waals surface area contributed by atoms with Crippen LogP contribution in [-0.2, 0) is 0 Å². The van der Waals surface area contributed by atoms with Gasteiger partial charge in [0.1, 0.15) is 11.5 Å². The van der Waals surface area contributed by atoms with Crippen LogP contribution < -0.4 is 5.73 Å². The van der Waals surface area contributed by atoms with E-state index < -0.39 is 0 Å². The first-order valence-electron chi connectivity index (χ1n) is 4.58. The van der Waals surface area contributed by atoms with Gasteiger partial charge in [0.15, 0.2) is 0 Å². The average molecular weight is 220 g/mol. The lowest BCUT2D eigenvalue weighted by atomic mass is 10.1. The van der Waals surface area contributed by atoms with Crippen molar-refractivity contribution < 1.29 is 0 Å². The van der Waals surface area contributed by atoms with Crippen molar-refractivity contribution in [1.82, 2.24) is 9.97 Å². The molecule has 0 saturated heterocycles. The van der Waals surface area contributed by atoms with E-state index in [1.54, 1.807) is 0 Å². The zero-order chi connectivity index (χ0) is 10.7. The summed E-state index contributed by atoms with van der Waals surface area (Å²) in [5.41, 5.74) is 7.28. The largest absolute Gasteiger partial charge is 0.327 e. The predicted molar refractivity (Wildman–Crippen MR) is 62.6 cm³/mol. The molecule has 0 bridgehead atoms. The Morgan fingerprint density at radius 3 is 3.00 bits per heavy atom. The van der Waals surface area contributed by atoms with E-state index in [2.05, 4.69) is 9.97 Å². The molecule has 0 fully saturated rings. The van der Waals surface area contributed by atoms with Crippen LogP contribution in [0.2, 0.25) is 5.15 Å². The third-order valence-corrected chi connectivity index (χ3v) is 2.36. The summed E-state index contributed by atoms with van der Waals surface area (Å²) in [6, 6.07) is 5.83. The molecule has 0 saturated carbocycles. The van der Waals surface area contributed by atoms with Crippen LogP contribution in [0.5, 0.6) is 0 Å². The Kier molecular flexibility index (Phi) is 2.94. The highest BCUT2D eigenvalue weighted by atomic mass is 35.5. The molecule has 2 N–H and O–H groups in total. The molecule has 0 aliphatic heterocycles. The number of benzene rings is 1. The topological polar surface area (TPSA) is 51.8 Å². The molecule has 0 radical (unpaired) electrons. The maximum Gasteiger partial charge on any atom is 0.140 e. The van der Waals surface area contributed by atoms with E-state index in [1.165, 1.54) is 6.33 Å². The highest BCUT2D eigenvalue weighted by Gasteiger charge is 2.00. The SMILES string of the molecule is NCC=Cc1ccc2c(Cl)ncnc2c1. The number of nitrogens with zero attached hydrogens (tertiary/aromatic N) is 2. The Hall–Kier alpha value is -1.45. The summed E-state index contributed by atoms with van der Waals surface area (Å²) >= 11 is 5.92. The van der Waals surface area contributed by atoms with Crippen LogP contribution in [0.15, 0.2) is 30.6 Å². The standard InChI is InChI=1S/C11H10ClN3/c12-11-9-4-3-8(2-1-5-13)6-10(9)14-7-15-11/h1-4,6-7H,5,13H2. The number of rotatable bonds is 2. The molecule has 0 aliphatic rings. The van der Waals surface area contributed by atoms with Crippen molar-refractivity contribution in [2.45, 2.75) is 0 Å². The lowest BCUT2D eigenvalue weighted by Crippen LogP contribution is -1.92. The van der Waals surface area contributed by atoms with Gasteiger partial charge in [-0.1, -0.05) is 29.8 Å². The summed E-state index contributed by atoms with van der Waals surface area (Å²) in [4.78, 5) is 8.07. The van der Waals surface area contributed by atoms with Gasteiger partial charge in [-0.2, -0.15) is 0 Å². The monoisotopic (exact) mass is 219 g/mol. The van der Waals surface area contributed by atoms with Crippen molar-refractivity contribution in [2.75, 3.05) is 6.54 Å². The number of hydrogen-bond acceptors (Lipinski definition) is 3. The third kappa shape index (κ3) is 2.14. The molecule has 0 unspecified atom stereocenters. The van der Waals surface area contributed by atoms with Gasteiger partial charge in [0.25, 0.3) is 0 Å². The predicted octanol–water partition coefficient (Wildman–Crippen LogP) is 2.26. The molecular formula is C11H10ClN3. The Morgan fingerprint density at radius 1 is 1.33 bits per heavy atom. The van der Waals surface area contributed by atoms with Crippen LogP contribution in [0.3, 0.4) is 0 Å². The molecule has 76 valence electrons. The van der Waals surface area contributed by atoms with Gasteiger partial charge in [0.05, 0.1) is 5.52 Å². The van der Waals surface area contributed by atoms with Gasteiger partial charge in [-0.05, 0) is 17.7 Å². The van der Waals surface area contributed by atoms with E-state index in [0.717, 1.165) is 16.5 Å². The Bertz CT molecular complexity index is 508. The quantitative estimate of drug-likeness (QED) is 0.789. The van der Waals surface area contributed by atoms with Crippen molar-refractivity contribution in [2.24, 2.45) is 5.73 Å². The lowest BCUT2D eigenvalue weighted by molar-refractivity contribution is 1.22. The zero-order valence-corrected chi connectivity index (χ0v) is 8.78. The molecule has 1 aromatic heterocycles. The van der Waals surface area contributed by atoms with E-state index in [4.69, 9.17) is 17.3 Å². The number of fused-ring (bicyclic) bond motifs is 1.